The first-order chi connectivity index (χ1) is 14.1. The van der Waals surface area contributed by atoms with Crippen LogP contribution in [-0.4, -0.2) is 18.4 Å². The van der Waals surface area contributed by atoms with Crippen LogP contribution in [0, 0.1) is 23.2 Å². The highest BCUT2D eigenvalue weighted by Crippen LogP contribution is 2.63. The molecule has 0 aromatic heterocycles. The lowest BCUT2D eigenvalue weighted by Gasteiger charge is -2.38. The third kappa shape index (κ3) is 2.90. The van der Waals surface area contributed by atoms with E-state index in [1.54, 1.807) is 11.8 Å². The Bertz CT molecular complexity index is 1010. The summed E-state index contributed by atoms with van der Waals surface area (Å²) in [7, 11) is 0. The number of carbonyl (C=O) groups excluding carboxylic acids is 2. The second kappa shape index (κ2) is 6.36. The Morgan fingerprint density at radius 3 is 2.66 bits per heavy atom. The van der Waals surface area contributed by atoms with E-state index < -0.39 is 0 Å². The molecule has 2 atom stereocenters. The molecule has 29 heavy (non-hydrogen) atoms. The number of nitrogens with one attached hydrogen (secondary N) is 2. The van der Waals surface area contributed by atoms with Crippen molar-refractivity contribution in [1.82, 2.24) is 5.32 Å². The number of anilines is 1. The molecule has 4 saturated carbocycles. The van der Waals surface area contributed by atoms with Gasteiger partial charge in [0.25, 0.3) is 11.8 Å². The molecule has 4 bridgehead atoms. The second-order valence-electron chi connectivity index (χ2n) is 9.42. The molecule has 2 unspecified atom stereocenters. The van der Waals surface area contributed by atoms with E-state index in [1.165, 1.54) is 32.1 Å². The van der Waals surface area contributed by atoms with Crippen molar-refractivity contribution in [2.24, 2.45) is 23.2 Å². The van der Waals surface area contributed by atoms with Gasteiger partial charge in [0.1, 0.15) is 0 Å². The third-order valence-electron chi connectivity index (χ3n) is 7.52. The van der Waals surface area contributed by atoms with Gasteiger partial charge in [-0.3, -0.25) is 9.59 Å². The van der Waals surface area contributed by atoms with Crippen molar-refractivity contribution in [3.05, 3.63) is 53.6 Å². The quantitative estimate of drug-likeness (QED) is 0.760. The molecule has 4 aliphatic carbocycles. The molecule has 2 N–H and O–H groups in total. The Kier molecular flexibility index (Phi) is 3.86. The van der Waals surface area contributed by atoms with Crippen molar-refractivity contribution in [3.63, 3.8) is 0 Å². The zero-order valence-corrected chi connectivity index (χ0v) is 17.1. The molecule has 0 saturated heterocycles. The first kappa shape index (κ1) is 17.6. The van der Waals surface area contributed by atoms with Crippen molar-refractivity contribution >= 4 is 29.3 Å². The molecule has 2 aromatic rings. The maximum atomic E-state index is 12.9. The Morgan fingerprint density at radius 1 is 1.07 bits per heavy atom. The van der Waals surface area contributed by atoms with Crippen molar-refractivity contribution in [1.29, 1.82) is 0 Å². The SMILES string of the molecule is O=C(NCC12CC3CC(C1)C(C3)C2)c1ccc2c(c1)NC(=O)c1ccccc1S2. The first-order valence-corrected chi connectivity index (χ1v) is 11.4. The van der Waals surface area contributed by atoms with Crippen LogP contribution >= 0.6 is 11.8 Å². The van der Waals surface area contributed by atoms with Crippen LogP contribution in [0.2, 0.25) is 0 Å². The zero-order chi connectivity index (χ0) is 19.6. The Hall–Kier alpha value is -2.27. The summed E-state index contributed by atoms with van der Waals surface area (Å²) in [6.07, 6.45) is 6.72. The molecule has 4 nitrogen and oxygen atoms in total. The van der Waals surface area contributed by atoms with Crippen LogP contribution < -0.4 is 10.6 Å². The Morgan fingerprint density at radius 2 is 1.86 bits per heavy atom. The summed E-state index contributed by atoms with van der Waals surface area (Å²) in [6.45, 7) is 0.791. The summed E-state index contributed by atoms with van der Waals surface area (Å²) in [5.41, 5.74) is 2.33. The van der Waals surface area contributed by atoms with Gasteiger partial charge in [-0.15, -0.1) is 0 Å². The van der Waals surface area contributed by atoms with Crippen LogP contribution in [0.15, 0.2) is 52.3 Å². The predicted molar refractivity (Wildman–Crippen MR) is 113 cm³/mol. The van der Waals surface area contributed by atoms with Crippen LogP contribution in [0.5, 0.6) is 0 Å². The maximum Gasteiger partial charge on any atom is 0.256 e. The van der Waals surface area contributed by atoms with Crippen molar-refractivity contribution < 1.29 is 9.59 Å². The molecule has 5 heteroatoms. The highest BCUT2D eigenvalue weighted by atomic mass is 32.2. The topological polar surface area (TPSA) is 58.2 Å². The predicted octanol–water partition coefficient (Wildman–Crippen LogP) is 4.96. The van der Waals surface area contributed by atoms with E-state index in [1.807, 2.05) is 42.5 Å². The molecule has 7 rings (SSSR count). The molecule has 5 aliphatic rings. The van der Waals surface area contributed by atoms with Gasteiger partial charge in [-0.1, -0.05) is 23.9 Å². The summed E-state index contributed by atoms with van der Waals surface area (Å²) in [5.74, 6) is 2.55. The lowest BCUT2D eigenvalue weighted by atomic mass is 9.69. The molecule has 2 aromatic carbocycles. The first-order valence-electron chi connectivity index (χ1n) is 10.6. The maximum absolute atomic E-state index is 12.9. The van der Waals surface area contributed by atoms with Crippen LogP contribution in [0.4, 0.5) is 5.69 Å². The van der Waals surface area contributed by atoms with E-state index in [0.29, 0.717) is 22.2 Å². The number of benzene rings is 2. The highest BCUT2D eigenvalue weighted by Gasteiger charge is 2.55. The van der Waals surface area contributed by atoms with Crippen LogP contribution in [0.3, 0.4) is 0 Å². The number of fused-ring (bicyclic) bond motifs is 2. The summed E-state index contributed by atoms with van der Waals surface area (Å²) in [6, 6.07) is 13.2. The molecule has 1 heterocycles. The summed E-state index contributed by atoms with van der Waals surface area (Å²) >= 11 is 1.56. The van der Waals surface area contributed by atoms with Gasteiger partial charge in [0.2, 0.25) is 0 Å². The van der Waals surface area contributed by atoms with E-state index in [2.05, 4.69) is 10.6 Å². The van der Waals surface area contributed by atoms with E-state index in [9.17, 15) is 9.59 Å². The number of hydrogen-bond acceptors (Lipinski definition) is 3. The molecule has 0 radical (unpaired) electrons. The van der Waals surface area contributed by atoms with E-state index in [0.717, 1.165) is 34.1 Å². The monoisotopic (exact) mass is 404 g/mol. The fourth-order valence-corrected chi connectivity index (χ4v) is 7.48. The molecular weight excluding hydrogens is 380 g/mol. The lowest BCUT2D eigenvalue weighted by molar-refractivity contribution is 0.0884. The fourth-order valence-electron chi connectivity index (χ4n) is 6.47. The van der Waals surface area contributed by atoms with Crippen LogP contribution in [-0.2, 0) is 0 Å². The van der Waals surface area contributed by atoms with Gasteiger partial charge in [0.15, 0.2) is 0 Å². The zero-order valence-electron chi connectivity index (χ0n) is 16.2. The second-order valence-corrected chi connectivity index (χ2v) is 10.5. The minimum Gasteiger partial charge on any atom is -0.351 e. The van der Waals surface area contributed by atoms with Crippen LogP contribution in [0.1, 0.15) is 52.8 Å². The average molecular weight is 405 g/mol. The summed E-state index contributed by atoms with van der Waals surface area (Å²) in [5, 5.41) is 6.20. The van der Waals surface area contributed by atoms with Crippen LogP contribution in [0.25, 0.3) is 0 Å². The van der Waals surface area contributed by atoms with E-state index >= 15 is 0 Å². The minimum atomic E-state index is -0.123. The van der Waals surface area contributed by atoms with E-state index in [-0.39, 0.29) is 11.8 Å². The van der Waals surface area contributed by atoms with Crippen molar-refractivity contribution in [2.75, 3.05) is 11.9 Å². The highest BCUT2D eigenvalue weighted by molar-refractivity contribution is 7.99. The molecule has 148 valence electrons. The lowest BCUT2D eigenvalue weighted by Crippen LogP contribution is -2.40. The van der Waals surface area contributed by atoms with Gasteiger partial charge >= 0.3 is 0 Å². The molecular formula is C24H24N2O2S. The summed E-state index contributed by atoms with van der Waals surface area (Å²) < 4.78 is 0. The molecule has 1 aliphatic heterocycles. The number of hydrogen-bond donors (Lipinski definition) is 2. The normalized spacial score (nSPS) is 31.0. The van der Waals surface area contributed by atoms with Gasteiger partial charge in [-0.25, -0.2) is 0 Å². The largest absolute Gasteiger partial charge is 0.351 e. The molecule has 4 fully saturated rings. The average Bonchev–Trinajstić information content (AvgIpc) is 3.07. The number of amides is 2. The minimum absolute atomic E-state index is 0.0362. The van der Waals surface area contributed by atoms with Crippen molar-refractivity contribution in [2.45, 2.75) is 41.9 Å². The summed E-state index contributed by atoms with van der Waals surface area (Å²) in [4.78, 5) is 27.4. The van der Waals surface area contributed by atoms with E-state index in [4.69, 9.17) is 0 Å². The molecule has 0 spiro atoms. The van der Waals surface area contributed by atoms with Gasteiger partial charge in [-0.05, 0) is 85.6 Å². The van der Waals surface area contributed by atoms with Crippen molar-refractivity contribution in [3.8, 4) is 0 Å². The third-order valence-corrected chi connectivity index (χ3v) is 8.67. The standard InChI is InChI=1S/C24H24N2O2S/c27-22(25-13-24-10-14-7-16(11-24)17(8-14)12-24)15-5-6-21-19(9-15)26-23(28)18-3-1-2-4-20(18)29-21/h1-6,9,14,16-17H,7-8,10-13H2,(H,25,27)(H,26,28). The van der Waals surface area contributed by atoms with Gasteiger partial charge < -0.3 is 10.6 Å². The number of rotatable bonds is 3. The van der Waals surface area contributed by atoms with Gasteiger partial charge in [0, 0.05) is 21.9 Å². The van der Waals surface area contributed by atoms with Gasteiger partial charge in [-0.2, -0.15) is 0 Å². The smallest absolute Gasteiger partial charge is 0.256 e. The number of carbonyl (C=O) groups is 2. The Balaban J connectivity index is 1.19. The fraction of sp³-hybridized carbons (Fsp3) is 0.417. The Labute approximate surface area is 174 Å². The molecule has 2 amide bonds. The van der Waals surface area contributed by atoms with Gasteiger partial charge in [0.05, 0.1) is 11.3 Å².